The fourth-order valence-corrected chi connectivity index (χ4v) is 3.44. The van der Waals surface area contributed by atoms with Crippen LogP contribution in [0.5, 0.6) is 0 Å². The number of para-hydroxylation sites is 1. The van der Waals surface area contributed by atoms with Gasteiger partial charge in [0.2, 0.25) is 5.91 Å². The van der Waals surface area contributed by atoms with Crippen LogP contribution < -0.4 is 10.9 Å². The summed E-state index contributed by atoms with van der Waals surface area (Å²) in [6.07, 6.45) is 0.357. The molecule has 0 radical (unpaired) electrons. The standard InChI is InChI=1S/C21H19ClN6O2/c1-13-23-16(11-20(29)24-13)10-18(14-6-8-15(22)9-7-14)25-21(30)12-28-19-5-3-2-4-17(19)26-27-28/h2-9,11,18H,10,12H2,1H3,(H,25,30)(H,23,24,29)/t18-/m1/s1. The van der Waals surface area contributed by atoms with E-state index in [2.05, 4.69) is 25.6 Å². The molecule has 2 N–H and O–H groups in total. The molecule has 2 aromatic carbocycles. The third-order valence-corrected chi connectivity index (χ3v) is 4.90. The zero-order valence-corrected chi connectivity index (χ0v) is 16.9. The number of aryl methyl sites for hydroxylation is 1. The van der Waals surface area contributed by atoms with Crippen LogP contribution in [0.25, 0.3) is 11.0 Å². The number of halogens is 1. The molecule has 0 fully saturated rings. The number of aromatic amines is 1. The van der Waals surface area contributed by atoms with E-state index in [1.54, 1.807) is 23.7 Å². The van der Waals surface area contributed by atoms with Crippen LogP contribution in [0.15, 0.2) is 59.4 Å². The van der Waals surface area contributed by atoms with Gasteiger partial charge in [-0.3, -0.25) is 9.59 Å². The topological polar surface area (TPSA) is 106 Å². The monoisotopic (exact) mass is 422 g/mol. The smallest absolute Gasteiger partial charge is 0.251 e. The highest BCUT2D eigenvalue weighted by atomic mass is 35.5. The second-order valence-corrected chi connectivity index (χ2v) is 7.37. The first-order valence-corrected chi connectivity index (χ1v) is 9.75. The lowest BCUT2D eigenvalue weighted by Gasteiger charge is -2.19. The number of rotatable bonds is 6. The maximum Gasteiger partial charge on any atom is 0.251 e. The maximum absolute atomic E-state index is 12.8. The van der Waals surface area contributed by atoms with Crippen molar-refractivity contribution in [3.63, 3.8) is 0 Å². The van der Waals surface area contributed by atoms with Gasteiger partial charge < -0.3 is 10.3 Å². The van der Waals surface area contributed by atoms with Crippen LogP contribution in [0.3, 0.4) is 0 Å². The predicted molar refractivity (Wildman–Crippen MR) is 113 cm³/mol. The van der Waals surface area contributed by atoms with E-state index in [0.717, 1.165) is 16.6 Å². The zero-order chi connectivity index (χ0) is 21.1. The first kappa shape index (κ1) is 19.8. The molecule has 1 atom stereocenters. The molecule has 8 nitrogen and oxygen atoms in total. The number of fused-ring (bicyclic) bond motifs is 1. The van der Waals surface area contributed by atoms with Gasteiger partial charge in [-0.25, -0.2) is 9.67 Å². The molecule has 0 unspecified atom stereocenters. The van der Waals surface area contributed by atoms with E-state index < -0.39 is 6.04 Å². The Morgan fingerprint density at radius 2 is 1.97 bits per heavy atom. The van der Waals surface area contributed by atoms with Crippen LogP contribution in [0.2, 0.25) is 5.02 Å². The lowest BCUT2D eigenvalue weighted by atomic mass is 10.0. The van der Waals surface area contributed by atoms with E-state index in [4.69, 9.17) is 11.6 Å². The van der Waals surface area contributed by atoms with Gasteiger partial charge >= 0.3 is 0 Å². The number of H-pyrrole nitrogens is 1. The molecule has 4 aromatic rings. The molecule has 0 saturated carbocycles. The van der Waals surface area contributed by atoms with E-state index in [-0.39, 0.29) is 18.0 Å². The molecule has 9 heteroatoms. The average molecular weight is 423 g/mol. The molecule has 152 valence electrons. The van der Waals surface area contributed by atoms with Gasteiger partial charge in [0.05, 0.1) is 17.3 Å². The van der Waals surface area contributed by atoms with Gasteiger partial charge in [-0.1, -0.05) is 41.1 Å². The fourth-order valence-electron chi connectivity index (χ4n) is 3.31. The van der Waals surface area contributed by atoms with Crippen molar-refractivity contribution in [3.05, 3.63) is 87.1 Å². The summed E-state index contributed by atoms with van der Waals surface area (Å²) >= 11 is 6.01. The highest BCUT2D eigenvalue weighted by Crippen LogP contribution is 2.20. The number of carbonyl (C=O) groups excluding carboxylic acids is 1. The van der Waals surface area contributed by atoms with E-state index in [1.165, 1.54) is 6.07 Å². The number of aromatic nitrogens is 5. The summed E-state index contributed by atoms with van der Waals surface area (Å²) in [5, 5.41) is 11.8. The molecule has 0 aliphatic carbocycles. The quantitative estimate of drug-likeness (QED) is 0.496. The molecule has 2 heterocycles. The van der Waals surface area contributed by atoms with Crippen molar-refractivity contribution in [1.29, 1.82) is 0 Å². The van der Waals surface area contributed by atoms with Gasteiger partial charge in [0.1, 0.15) is 17.9 Å². The summed E-state index contributed by atoms with van der Waals surface area (Å²) in [6.45, 7) is 1.74. The number of nitrogens with zero attached hydrogens (tertiary/aromatic N) is 4. The number of amides is 1. The highest BCUT2D eigenvalue weighted by molar-refractivity contribution is 6.30. The normalized spacial score (nSPS) is 12.1. The van der Waals surface area contributed by atoms with Crippen LogP contribution in [0.1, 0.15) is 23.1 Å². The van der Waals surface area contributed by atoms with Gasteiger partial charge in [-0.05, 0) is 36.8 Å². The zero-order valence-electron chi connectivity index (χ0n) is 16.2. The van der Waals surface area contributed by atoms with E-state index in [9.17, 15) is 9.59 Å². The van der Waals surface area contributed by atoms with Crippen molar-refractivity contribution in [2.75, 3.05) is 0 Å². The van der Waals surface area contributed by atoms with Crippen LogP contribution in [-0.2, 0) is 17.8 Å². The Kier molecular flexibility index (Phi) is 5.58. The van der Waals surface area contributed by atoms with Gasteiger partial charge in [-0.15, -0.1) is 5.10 Å². The summed E-state index contributed by atoms with van der Waals surface area (Å²) in [5.41, 5.74) is 2.72. The molecule has 1 amide bonds. The first-order valence-electron chi connectivity index (χ1n) is 9.38. The minimum Gasteiger partial charge on any atom is -0.347 e. The first-order chi connectivity index (χ1) is 14.5. The number of hydrogen-bond acceptors (Lipinski definition) is 5. The maximum atomic E-state index is 12.8. The van der Waals surface area contributed by atoms with Gasteiger partial charge in [0.15, 0.2) is 0 Å². The second kappa shape index (κ2) is 8.46. The summed E-state index contributed by atoms with van der Waals surface area (Å²) in [4.78, 5) is 31.6. The van der Waals surface area contributed by atoms with Crippen LogP contribution in [-0.4, -0.2) is 30.9 Å². The molecular weight excluding hydrogens is 404 g/mol. The third kappa shape index (κ3) is 4.55. The lowest BCUT2D eigenvalue weighted by molar-refractivity contribution is -0.122. The van der Waals surface area contributed by atoms with Gasteiger partial charge in [-0.2, -0.15) is 0 Å². The van der Waals surface area contributed by atoms with E-state index in [0.29, 0.717) is 23.0 Å². The van der Waals surface area contributed by atoms with Crippen molar-refractivity contribution >= 4 is 28.5 Å². The van der Waals surface area contributed by atoms with Crippen molar-refractivity contribution < 1.29 is 4.79 Å². The summed E-state index contributed by atoms with van der Waals surface area (Å²) in [7, 11) is 0. The second-order valence-electron chi connectivity index (χ2n) is 6.93. The predicted octanol–water partition coefficient (Wildman–Crippen LogP) is 2.58. The molecule has 0 bridgehead atoms. The minimum absolute atomic E-state index is 0.0203. The van der Waals surface area contributed by atoms with Crippen molar-refractivity contribution in [2.45, 2.75) is 25.9 Å². The molecule has 0 spiro atoms. The average Bonchev–Trinajstić information content (AvgIpc) is 3.10. The van der Waals surface area contributed by atoms with Crippen LogP contribution in [0.4, 0.5) is 0 Å². The number of hydrogen-bond donors (Lipinski definition) is 2. The van der Waals surface area contributed by atoms with E-state index >= 15 is 0 Å². The molecule has 0 aliphatic rings. The molecule has 30 heavy (non-hydrogen) atoms. The summed E-state index contributed by atoms with van der Waals surface area (Å²) < 4.78 is 1.55. The largest absolute Gasteiger partial charge is 0.347 e. The Labute approximate surface area is 176 Å². The Morgan fingerprint density at radius 1 is 1.20 bits per heavy atom. The fraction of sp³-hybridized carbons (Fsp3) is 0.190. The van der Waals surface area contributed by atoms with Crippen LogP contribution >= 0.6 is 11.6 Å². The molecule has 0 aliphatic heterocycles. The number of carbonyl (C=O) groups is 1. The summed E-state index contributed by atoms with van der Waals surface area (Å²) in [6, 6.07) is 15.7. The van der Waals surface area contributed by atoms with Gasteiger partial charge in [0.25, 0.3) is 5.56 Å². The SMILES string of the molecule is Cc1nc(C[C@@H](NC(=O)Cn2nnc3ccccc32)c2ccc(Cl)cc2)cc(=O)[nH]1. The lowest BCUT2D eigenvalue weighted by Crippen LogP contribution is -2.33. The van der Waals surface area contributed by atoms with E-state index in [1.807, 2.05) is 36.4 Å². The Balaban J connectivity index is 1.57. The molecule has 2 aromatic heterocycles. The molecule has 4 rings (SSSR count). The molecular formula is C21H19ClN6O2. The highest BCUT2D eigenvalue weighted by Gasteiger charge is 2.18. The Morgan fingerprint density at radius 3 is 2.73 bits per heavy atom. The van der Waals surface area contributed by atoms with Crippen molar-refractivity contribution in [1.82, 2.24) is 30.3 Å². The number of benzene rings is 2. The van der Waals surface area contributed by atoms with Crippen molar-refractivity contribution in [3.8, 4) is 0 Å². The Hall–Kier alpha value is -3.52. The Bertz CT molecular complexity index is 1250. The molecule has 0 saturated heterocycles. The minimum atomic E-state index is -0.391. The van der Waals surface area contributed by atoms with Crippen molar-refractivity contribution in [2.24, 2.45) is 0 Å². The van der Waals surface area contributed by atoms with Crippen LogP contribution in [0, 0.1) is 6.92 Å². The third-order valence-electron chi connectivity index (χ3n) is 4.65. The van der Waals surface area contributed by atoms with Gasteiger partial charge in [0, 0.05) is 17.5 Å². The number of nitrogens with one attached hydrogen (secondary N) is 2. The summed E-state index contributed by atoms with van der Waals surface area (Å²) in [5.74, 6) is 0.292.